The molecule has 0 aliphatic heterocycles. The third kappa shape index (κ3) is 5.82. The molecule has 0 unspecified atom stereocenters. The van der Waals surface area contributed by atoms with Crippen molar-refractivity contribution in [3.63, 3.8) is 0 Å². The maximum atomic E-state index is 12.3. The van der Waals surface area contributed by atoms with E-state index >= 15 is 0 Å². The van der Waals surface area contributed by atoms with Crippen LogP contribution in [0, 0.1) is 6.92 Å². The fourth-order valence-electron chi connectivity index (χ4n) is 2.72. The Balaban J connectivity index is 1.54. The molecule has 3 aromatic rings. The van der Waals surface area contributed by atoms with Gasteiger partial charge in [-0.1, -0.05) is 48.5 Å². The number of para-hydroxylation sites is 1. The lowest BCUT2D eigenvalue weighted by Gasteiger charge is -2.10. The molecule has 1 aromatic heterocycles. The monoisotopic (exact) mass is 381 g/mol. The van der Waals surface area contributed by atoms with Gasteiger partial charge in [0.2, 0.25) is 10.0 Å². The molecule has 140 valence electrons. The van der Waals surface area contributed by atoms with Crippen LogP contribution in [-0.4, -0.2) is 19.2 Å². The lowest BCUT2D eigenvalue weighted by Crippen LogP contribution is -2.17. The molecule has 1 heterocycles. The maximum absolute atomic E-state index is 12.3. The Morgan fingerprint density at radius 3 is 2.37 bits per heavy atom. The van der Waals surface area contributed by atoms with Crippen LogP contribution in [0.4, 0.5) is 17.2 Å². The van der Waals surface area contributed by atoms with E-state index in [1.165, 1.54) is 6.20 Å². The quantitative estimate of drug-likeness (QED) is 0.602. The number of nitrogens with zero attached hydrogens (tertiary/aromatic N) is 1. The Labute approximate surface area is 160 Å². The second-order valence-electron chi connectivity index (χ2n) is 6.38. The van der Waals surface area contributed by atoms with Crippen LogP contribution in [-0.2, 0) is 16.4 Å². The van der Waals surface area contributed by atoms with Crippen LogP contribution >= 0.6 is 0 Å². The fraction of sp³-hybridized carbons (Fsp3) is 0.190. The molecule has 27 heavy (non-hydrogen) atoms. The molecular formula is C21H23N3O2S. The van der Waals surface area contributed by atoms with E-state index in [4.69, 9.17) is 0 Å². The summed E-state index contributed by atoms with van der Waals surface area (Å²) in [6.07, 6.45) is 2.83. The number of aromatic nitrogens is 1. The second-order valence-corrected chi connectivity index (χ2v) is 8.22. The molecule has 0 saturated carbocycles. The highest BCUT2D eigenvalue weighted by Gasteiger charge is 2.11. The average Bonchev–Trinajstić information content (AvgIpc) is 2.66. The molecule has 0 fully saturated rings. The molecule has 0 aliphatic rings. The Kier molecular flexibility index (Phi) is 6.08. The number of nitrogens with one attached hydrogen (secondary N) is 2. The van der Waals surface area contributed by atoms with Crippen molar-refractivity contribution in [1.29, 1.82) is 0 Å². The topological polar surface area (TPSA) is 71.1 Å². The van der Waals surface area contributed by atoms with Crippen molar-refractivity contribution in [3.8, 4) is 0 Å². The molecule has 0 saturated heterocycles. The summed E-state index contributed by atoms with van der Waals surface area (Å²) >= 11 is 0. The van der Waals surface area contributed by atoms with Gasteiger partial charge in [0.05, 0.1) is 17.6 Å². The Bertz CT molecular complexity index is 972. The van der Waals surface area contributed by atoms with Crippen molar-refractivity contribution in [3.05, 3.63) is 84.1 Å². The van der Waals surface area contributed by atoms with Crippen LogP contribution in [0.5, 0.6) is 0 Å². The highest BCUT2D eigenvalue weighted by molar-refractivity contribution is 7.92. The van der Waals surface area contributed by atoms with Crippen molar-refractivity contribution in [2.45, 2.75) is 19.8 Å². The normalized spacial score (nSPS) is 11.1. The van der Waals surface area contributed by atoms with E-state index in [2.05, 4.69) is 15.0 Å². The summed E-state index contributed by atoms with van der Waals surface area (Å²) in [7, 11) is -3.39. The number of hydrogen-bond donors (Lipinski definition) is 2. The lowest BCUT2D eigenvalue weighted by molar-refractivity contribution is 0.598. The van der Waals surface area contributed by atoms with Gasteiger partial charge in [-0.25, -0.2) is 13.4 Å². The third-order valence-corrected chi connectivity index (χ3v) is 5.54. The standard InChI is InChI=1S/C21H23N3O2S/c1-17-8-5-6-12-20(17)23-21-14-13-19(16-22-21)24-27(25,26)15-7-11-18-9-3-2-4-10-18/h2-6,8-10,12-14,16,24H,7,11,15H2,1H3,(H,22,23). The minimum absolute atomic E-state index is 0.0745. The Morgan fingerprint density at radius 2 is 1.67 bits per heavy atom. The SMILES string of the molecule is Cc1ccccc1Nc1ccc(NS(=O)(=O)CCCc2ccccc2)cn1. The van der Waals surface area contributed by atoms with Crippen LogP contribution in [0.2, 0.25) is 0 Å². The van der Waals surface area contributed by atoms with E-state index in [-0.39, 0.29) is 5.75 Å². The van der Waals surface area contributed by atoms with Gasteiger partial charge in [-0.3, -0.25) is 4.72 Å². The molecule has 5 nitrogen and oxygen atoms in total. The number of pyridine rings is 1. The molecule has 3 rings (SSSR count). The first kappa shape index (κ1) is 18.9. The van der Waals surface area contributed by atoms with Gasteiger partial charge in [0.25, 0.3) is 0 Å². The lowest BCUT2D eigenvalue weighted by atomic mass is 10.1. The summed E-state index contributed by atoms with van der Waals surface area (Å²) in [5, 5.41) is 3.23. The van der Waals surface area contributed by atoms with Gasteiger partial charge in [-0.05, 0) is 49.1 Å². The third-order valence-electron chi connectivity index (χ3n) is 4.17. The van der Waals surface area contributed by atoms with Crippen molar-refractivity contribution < 1.29 is 8.42 Å². The fourth-order valence-corrected chi connectivity index (χ4v) is 3.83. The number of anilines is 3. The average molecular weight is 382 g/mol. The first-order valence-electron chi connectivity index (χ1n) is 8.85. The largest absolute Gasteiger partial charge is 0.340 e. The minimum atomic E-state index is -3.39. The van der Waals surface area contributed by atoms with Gasteiger partial charge in [-0.15, -0.1) is 0 Å². The molecule has 2 aromatic carbocycles. The zero-order valence-electron chi connectivity index (χ0n) is 15.2. The predicted molar refractivity (Wildman–Crippen MR) is 111 cm³/mol. The summed E-state index contributed by atoms with van der Waals surface area (Å²) in [6, 6.07) is 21.3. The van der Waals surface area contributed by atoms with Gasteiger partial charge in [-0.2, -0.15) is 0 Å². The smallest absolute Gasteiger partial charge is 0.232 e. The van der Waals surface area contributed by atoms with Gasteiger partial charge >= 0.3 is 0 Å². The summed E-state index contributed by atoms with van der Waals surface area (Å²) in [5.41, 5.74) is 3.69. The number of hydrogen-bond acceptors (Lipinski definition) is 4. The molecule has 6 heteroatoms. The second kappa shape index (κ2) is 8.68. The molecule has 2 N–H and O–H groups in total. The molecular weight excluding hydrogens is 358 g/mol. The summed E-state index contributed by atoms with van der Waals surface area (Å²) in [6.45, 7) is 2.01. The van der Waals surface area contributed by atoms with E-state index in [0.29, 0.717) is 17.9 Å². The Hall–Kier alpha value is -2.86. The number of aryl methyl sites for hydroxylation is 2. The van der Waals surface area contributed by atoms with Crippen molar-refractivity contribution in [2.24, 2.45) is 0 Å². The first-order chi connectivity index (χ1) is 13.0. The first-order valence-corrected chi connectivity index (χ1v) is 10.5. The molecule has 0 atom stereocenters. The molecule has 0 bridgehead atoms. The van der Waals surface area contributed by atoms with Gasteiger partial charge < -0.3 is 5.32 Å². The molecule has 0 amide bonds. The van der Waals surface area contributed by atoms with Gasteiger partial charge in [0.1, 0.15) is 5.82 Å². The highest BCUT2D eigenvalue weighted by Crippen LogP contribution is 2.20. The summed E-state index contributed by atoms with van der Waals surface area (Å²) in [5.74, 6) is 0.738. The maximum Gasteiger partial charge on any atom is 0.232 e. The number of benzene rings is 2. The van der Waals surface area contributed by atoms with Crippen LogP contribution in [0.3, 0.4) is 0 Å². The zero-order valence-corrected chi connectivity index (χ0v) is 16.0. The highest BCUT2D eigenvalue weighted by atomic mass is 32.2. The van der Waals surface area contributed by atoms with E-state index in [1.54, 1.807) is 12.1 Å². The van der Waals surface area contributed by atoms with Crippen molar-refractivity contribution in [2.75, 3.05) is 15.8 Å². The van der Waals surface area contributed by atoms with E-state index in [0.717, 1.165) is 23.2 Å². The molecule has 0 aliphatic carbocycles. The van der Waals surface area contributed by atoms with Crippen LogP contribution < -0.4 is 10.0 Å². The van der Waals surface area contributed by atoms with Crippen LogP contribution in [0.15, 0.2) is 72.9 Å². The van der Waals surface area contributed by atoms with Crippen molar-refractivity contribution >= 4 is 27.2 Å². The zero-order chi connectivity index (χ0) is 19.1. The van der Waals surface area contributed by atoms with Gasteiger partial charge in [0, 0.05) is 5.69 Å². The summed E-state index contributed by atoms with van der Waals surface area (Å²) < 4.78 is 27.1. The van der Waals surface area contributed by atoms with Crippen molar-refractivity contribution in [1.82, 2.24) is 4.98 Å². The molecule has 0 radical (unpaired) electrons. The summed E-state index contributed by atoms with van der Waals surface area (Å²) in [4.78, 5) is 4.29. The van der Waals surface area contributed by atoms with Crippen LogP contribution in [0.1, 0.15) is 17.5 Å². The predicted octanol–water partition coefficient (Wildman–Crippen LogP) is 4.51. The van der Waals surface area contributed by atoms with Gasteiger partial charge in [0.15, 0.2) is 0 Å². The van der Waals surface area contributed by atoms with E-state index in [9.17, 15) is 8.42 Å². The number of sulfonamides is 1. The van der Waals surface area contributed by atoms with E-state index < -0.39 is 10.0 Å². The number of rotatable bonds is 8. The molecule has 0 spiro atoms. The van der Waals surface area contributed by atoms with Crippen LogP contribution in [0.25, 0.3) is 0 Å². The van der Waals surface area contributed by atoms with E-state index in [1.807, 2.05) is 61.5 Å². The Morgan fingerprint density at radius 1 is 0.926 bits per heavy atom. The minimum Gasteiger partial charge on any atom is -0.340 e.